The minimum Gasteiger partial charge on any atom is -0.336 e. The normalized spacial score (nSPS) is 20.1. The Hall–Kier alpha value is -2.11. The molecule has 3 heterocycles. The zero-order valence-corrected chi connectivity index (χ0v) is 15.5. The molecule has 26 heavy (non-hydrogen) atoms. The topological polar surface area (TPSA) is 58.9 Å². The second-order valence-electron chi connectivity index (χ2n) is 7.84. The molecule has 2 fully saturated rings. The number of anilines is 3. The average molecular weight is 351 g/mol. The van der Waals surface area contributed by atoms with Gasteiger partial charge in [-0.15, -0.1) is 0 Å². The third kappa shape index (κ3) is 2.75. The van der Waals surface area contributed by atoms with Crippen LogP contribution >= 0.6 is 0 Å². The number of nitrogens with one attached hydrogen (secondary N) is 1. The Morgan fingerprint density at radius 3 is 2.77 bits per heavy atom. The molecule has 1 saturated carbocycles. The lowest BCUT2D eigenvalue weighted by atomic mass is 10.1. The zero-order chi connectivity index (χ0) is 17.5. The molecule has 2 aliphatic carbocycles. The lowest BCUT2D eigenvalue weighted by Crippen LogP contribution is -2.19. The van der Waals surface area contributed by atoms with E-state index in [9.17, 15) is 0 Å². The molecule has 1 aliphatic heterocycles. The Labute approximate surface area is 155 Å². The third-order valence-corrected chi connectivity index (χ3v) is 6.16. The van der Waals surface area contributed by atoms with Crippen LogP contribution in [0, 0.1) is 6.54 Å². The number of aromatic nitrogens is 4. The second-order valence-corrected chi connectivity index (χ2v) is 7.84. The van der Waals surface area contributed by atoms with Gasteiger partial charge in [-0.3, -0.25) is 0 Å². The summed E-state index contributed by atoms with van der Waals surface area (Å²) in [6.45, 7) is 3.24. The van der Waals surface area contributed by atoms with Crippen molar-refractivity contribution < 1.29 is 0 Å². The van der Waals surface area contributed by atoms with E-state index < -0.39 is 0 Å². The van der Waals surface area contributed by atoms with E-state index in [1.807, 2.05) is 0 Å². The maximum atomic E-state index is 4.89. The van der Waals surface area contributed by atoms with E-state index in [2.05, 4.69) is 39.6 Å². The highest BCUT2D eigenvalue weighted by atomic mass is 15.3. The highest BCUT2D eigenvalue weighted by Gasteiger charge is 2.25. The van der Waals surface area contributed by atoms with Crippen LogP contribution in [-0.4, -0.2) is 26.1 Å². The van der Waals surface area contributed by atoms with E-state index in [0.717, 1.165) is 43.5 Å². The van der Waals surface area contributed by atoms with Crippen molar-refractivity contribution in [2.75, 3.05) is 16.8 Å². The van der Waals surface area contributed by atoms with E-state index in [4.69, 9.17) is 9.97 Å². The van der Waals surface area contributed by atoms with Crippen LogP contribution in [0.15, 0.2) is 6.20 Å². The number of hydrogen-bond donors (Lipinski definition) is 1. The molecule has 0 unspecified atom stereocenters. The predicted molar refractivity (Wildman–Crippen MR) is 103 cm³/mol. The van der Waals surface area contributed by atoms with E-state index in [1.165, 1.54) is 55.5 Å². The van der Waals surface area contributed by atoms with Gasteiger partial charge in [0.05, 0.1) is 18.4 Å². The summed E-state index contributed by atoms with van der Waals surface area (Å²) in [5.74, 6) is 3.36. The van der Waals surface area contributed by atoms with Gasteiger partial charge in [0.15, 0.2) is 0 Å². The summed E-state index contributed by atoms with van der Waals surface area (Å²) >= 11 is 0. The summed E-state index contributed by atoms with van der Waals surface area (Å²) in [7, 11) is 2.12. The van der Waals surface area contributed by atoms with Gasteiger partial charge in [-0.2, -0.15) is 4.98 Å². The van der Waals surface area contributed by atoms with Crippen LogP contribution in [0.5, 0.6) is 0 Å². The first-order valence-electron chi connectivity index (χ1n) is 10.1. The summed E-state index contributed by atoms with van der Waals surface area (Å²) in [5.41, 5.74) is 3.84. The summed E-state index contributed by atoms with van der Waals surface area (Å²) < 4.78 is 2.22. The molecule has 0 spiro atoms. The first-order valence-corrected chi connectivity index (χ1v) is 10.1. The minimum absolute atomic E-state index is 0.661. The van der Waals surface area contributed by atoms with Crippen LogP contribution in [0.2, 0.25) is 0 Å². The Morgan fingerprint density at radius 2 is 1.96 bits per heavy atom. The quantitative estimate of drug-likeness (QED) is 0.906. The predicted octanol–water partition coefficient (Wildman–Crippen LogP) is 3.86. The fourth-order valence-electron chi connectivity index (χ4n) is 4.68. The molecule has 6 nitrogen and oxygen atoms in total. The first kappa shape index (κ1) is 16.1. The second kappa shape index (κ2) is 6.56. The molecule has 3 aliphatic rings. The van der Waals surface area contributed by atoms with Gasteiger partial charge >= 0.3 is 0 Å². The van der Waals surface area contributed by atoms with Crippen molar-refractivity contribution in [2.24, 2.45) is 7.05 Å². The monoisotopic (exact) mass is 351 g/mol. The zero-order valence-electron chi connectivity index (χ0n) is 15.5. The molecule has 5 rings (SSSR count). The van der Waals surface area contributed by atoms with Crippen LogP contribution in [0.4, 0.5) is 17.7 Å². The van der Waals surface area contributed by atoms with Gasteiger partial charge in [0.25, 0.3) is 0 Å². The molecule has 0 atom stereocenters. The first-order chi connectivity index (χ1) is 12.8. The molecule has 1 N–H and O–H groups in total. The summed E-state index contributed by atoms with van der Waals surface area (Å²) in [4.78, 5) is 16.6. The number of rotatable bonds is 4. The fraction of sp³-hybridized carbons (Fsp3) is 0.600. The third-order valence-electron chi connectivity index (χ3n) is 6.16. The molecule has 137 valence electrons. The fourth-order valence-corrected chi connectivity index (χ4v) is 4.68. The van der Waals surface area contributed by atoms with Crippen molar-refractivity contribution in [3.05, 3.63) is 29.7 Å². The van der Waals surface area contributed by atoms with Crippen LogP contribution in [-0.2, 0) is 19.9 Å². The van der Waals surface area contributed by atoms with Crippen LogP contribution in [0.1, 0.15) is 67.8 Å². The highest BCUT2D eigenvalue weighted by molar-refractivity contribution is 5.59. The Bertz CT molecular complexity index is 799. The molecule has 6 heteroatoms. The smallest absolute Gasteiger partial charge is 0.227 e. The van der Waals surface area contributed by atoms with Crippen molar-refractivity contribution in [3.8, 4) is 0 Å². The van der Waals surface area contributed by atoms with E-state index in [1.54, 1.807) is 0 Å². The van der Waals surface area contributed by atoms with Gasteiger partial charge in [-0.25, -0.2) is 9.97 Å². The van der Waals surface area contributed by atoms with Crippen molar-refractivity contribution in [1.82, 2.24) is 19.5 Å². The number of aryl methyl sites for hydroxylation is 1. The minimum atomic E-state index is 0.661. The average Bonchev–Trinajstić information content (AvgIpc) is 3.43. The maximum absolute atomic E-state index is 4.89. The standard InChI is InChI=1S/C20H27N6/c1-25-17(14-7-2-3-8-14)13-21-19(25)23-18-15-9-6-10-16(15)22-20(24-18)26-11-4-5-12-26/h11,13-14H,2-10,12H2,1H3,(H,21,22,23,24). The number of nitrogens with zero attached hydrogens (tertiary/aromatic N) is 5. The van der Waals surface area contributed by atoms with Gasteiger partial charge in [0.2, 0.25) is 11.9 Å². The molecule has 0 aromatic carbocycles. The number of hydrogen-bond acceptors (Lipinski definition) is 5. The Kier molecular flexibility index (Phi) is 4.06. The molecule has 2 aromatic rings. The molecule has 0 bridgehead atoms. The lowest BCUT2D eigenvalue weighted by Gasteiger charge is -2.18. The molecular weight excluding hydrogens is 324 g/mol. The van der Waals surface area contributed by atoms with Crippen molar-refractivity contribution >= 4 is 17.7 Å². The maximum Gasteiger partial charge on any atom is 0.227 e. The van der Waals surface area contributed by atoms with Gasteiger partial charge < -0.3 is 14.8 Å². The van der Waals surface area contributed by atoms with Gasteiger partial charge in [-0.1, -0.05) is 12.8 Å². The number of fused-ring (bicyclic) bond motifs is 1. The molecular formula is C20H27N6. The van der Waals surface area contributed by atoms with Crippen LogP contribution < -0.4 is 10.2 Å². The van der Waals surface area contributed by atoms with Gasteiger partial charge in [0.1, 0.15) is 5.82 Å². The Morgan fingerprint density at radius 1 is 1.08 bits per heavy atom. The molecule has 1 radical (unpaired) electrons. The van der Waals surface area contributed by atoms with Gasteiger partial charge in [-0.05, 0) is 44.9 Å². The lowest BCUT2D eigenvalue weighted by molar-refractivity contribution is 0.659. The Balaban J connectivity index is 1.46. The van der Waals surface area contributed by atoms with E-state index in [-0.39, 0.29) is 0 Å². The van der Waals surface area contributed by atoms with E-state index >= 15 is 0 Å². The highest BCUT2D eigenvalue weighted by Crippen LogP contribution is 2.36. The summed E-state index contributed by atoms with van der Waals surface area (Å²) in [6, 6.07) is 0. The van der Waals surface area contributed by atoms with Crippen LogP contribution in [0.25, 0.3) is 0 Å². The molecule has 1 saturated heterocycles. The molecule has 2 aromatic heterocycles. The van der Waals surface area contributed by atoms with E-state index in [0.29, 0.717) is 5.92 Å². The molecule has 0 amide bonds. The van der Waals surface area contributed by atoms with Crippen molar-refractivity contribution in [1.29, 1.82) is 0 Å². The SMILES string of the molecule is Cn1c(C2CCCC2)cnc1Nc1nc(N2[CH]CCC2)nc2c1CCC2. The summed E-state index contributed by atoms with van der Waals surface area (Å²) in [6.07, 6.45) is 12.9. The number of imidazole rings is 1. The largest absolute Gasteiger partial charge is 0.336 e. The van der Waals surface area contributed by atoms with Crippen molar-refractivity contribution in [2.45, 2.75) is 63.7 Å². The summed E-state index contributed by atoms with van der Waals surface area (Å²) in [5, 5.41) is 3.54. The van der Waals surface area contributed by atoms with Crippen LogP contribution in [0.3, 0.4) is 0 Å². The van der Waals surface area contributed by atoms with Gasteiger partial charge in [0, 0.05) is 30.8 Å². The van der Waals surface area contributed by atoms with Crippen molar-refractivity contribution in [3.63, 3.8) is 0 Å².